The maximum Gasteiger partial charge on any atom is 0.441 e. The number of carbonyl (C=O) groups is 2. The standard InChI is InChI=1S/C20H17ClN4O.C8H16N2O3.C5H13N/c1-25-11-22-10-19(25)20(24-12-26)17-7-14-3-2-6-23-18(14)8-13-4-5-15(21)9-16(13)17;1-7(2)12-13-8(11)10-5-3-9-4-6-10;1-5(2,3)6-4/h2-7,9-12,20H,8H2,1H3,(H,24,26);7,9H,3-6H2,1-2H3;6H,1-4H3. The highest BCUT2D eigenvalue weighted by atomic mass is 35.5. The van der Waals surface area contributed by atoms with E-state index in [1.807, 2.05) is 62.8 Å². The van der Waals surface area contributed by atoms with E-state index in [-0.39, 0.29) is 12.1 Å². The van der Waals surface area contributed by atoms with Crippen molar-refractivity contribution in [3.8, 4) is 0 Å². The molecular formula is C33H46ClN7O4. The van der Waals surface area contributed by atoms with Crippen LogP contribution in [0.25, 0.3) is 11.6 Å². The van der Waals surface area contributed by atoms with Crippen molar-refractivity contribution in [3.05, 3.63) is 82.2 Å². The third kappa shape index (κ3) is 11.0. The summed E-state index contributed by atoms with van der Waals surface area (Å²) >= 11 is 6.29. The molecule has 1 saturated heterocycles. The molecule has 1 aliphatic carbocycles. The monoisotopic (exact) mass is 639 g/mol. The first kappa shape index (κ1) is 35.7. The van der Waals surface area contributed by atoms with E-state index in [4.69, 9.17) is 16.5 Å². The van der Waals surface area contributed by atoms with Crippen LogP contribution < -0.4 is 16.0 Å². The zero-order valence-corrected chi connectivity index (χ0v) is 28.0. The average molecular weight is 640 g/mol. The molecule has 0 saturated carbocycles. The van der Waals surface area contributed by atoms with Crippen molar-refractivity contribution in [2.75, 3.05) is 33.2 Å². The van der Waals surface area contributed by atoms with Gasteiger partial charge in [0.05, 0.1) is 36.1 Å². The smallest absolute Gasteiger partial charge is 0.346 e. The summed E-state index contributed by atoms with van der Waals surface area (Å²) in [6.45, 7) is 13.0. The Morgan fingerprint density at radius 2 is 1.89 bits per heavy atom. The van der Waals surface area contributed by atoms with Crippen LogP contribution in [0.1, 0.15) is 68.7 Å². The minimum absolute atomic E-state index is 0.0909. The number of benzene rings is 1. The average Bonchev–Trinajstić information content (AvgIpc) is 3.37. The number of nitrogens with one attached hydrogen (secondary N) is 3. The van der Waals surface area contributed by atoms with Gasteiger partial charge in [0.15, 0.2) is 0 Å². The van der Waals surface area contributed by atoms with Gasteiger partial charge in [-0.2, -0.15) is 4.89 Å². The quantitative estimate of drug-likeness (QED) is 0.200. The number of fused-ring (bicyclic) bond motifs is 2. The molecular weight excluding hydrogens is 594 g/mol. The van der Waals surface area contributed by atoms with E-state index >= 15 is 0 Å². The van der Waals surface area contributed by atoms with Gasteiger partial charge in [-0.15, -0.1) is 0 Å². The molecule has 45 heavy (non-hydrogen) atoms. The number of halogens is 1. The highest BCUT2D eigenvalue weighted by Crippen LogP contribution is 2.38. The molecule has 1 aliphatic heterocycles. The summed E-state index contributed by atoms with van der Waals surface area (Å²) < 4.78 is 1.90. The van der Waals surface area contributed by atoms with Crippen LogP contribution in [0, 0.1) is 0 Å². The predicted octanol–water partition coefficient (Wildman–Crippen LogP) is 4.77. The molecule has 5 rings (SSSR count). The van der Waals surface area contributed by atoms with Crippen molar-refractivity contribution in [1.29, 1.82) is 0 Å². The summed E-state index contributed by atoms with van der Waals surface area (Å²) in [5.74, 6) is 0. The van der Waals surface area contributed by atoms with Gasteiger partial charge in [-0.3, -0.25) is 14.7 Å². The molecule has 3 heterocycles. The fourth-order valence-corrected chi connectivity index (χ4v) is 4.62. The van der Waals surface area contributed by atoms with Gasteiger partial charge in [0.1, 0.15) is 0 Å². The van der Waals surface area contributed by atoms with Gasteiger partial charge in [-0.05, 0) is 88.2 Å². The second kappa shape index (κ2) is 17.1. The lowest BCUT2D eigenvalue weighted by molar-refractivity contribution is -0.270. The molecule has 244 valence electrons. The fraction of sp³-hybridized carbons (Fsp3) is 0.455. The molecule has 0 bridgehead atoms. The van der Waals surface area contributed by atoms with Gasteiger partial charge < -0.3 is 25.4 Å². The third-order valence-corrected chi connectivity index (χ3v) is 7.34. The Morgan fingerprint density at radius 1 is 1.18 bits per heavy atom. The molecule has 11 nitrogen and oxygen atoms in total. The van der Waals surface area contributed by atoms with E-state index < -0.39 is 6.09 Å². The second-order valence-corrected chi connectivity index (χ2v) is 12.4. The summed E-state index contributed by atoms with van der Waals surface area (Å²) in [6, 6.07) is 9.47. The zero-order valence-electron chi connectivity index (χ0n) is 27.3. The van der Waals surface area contributed by atoms with Crippen LogP contribution in [0.5, 0.6) is 0 Å². The molecule has 3 aromatic rings. The summed E-state index contributed by atoms with van der Waals surface area (Å²) in [5, 5.41) is 9.85. The number of hydrogen-bond acceptors (Lipinski definition) is 8. The summed E-state index contributed by atoms with van der Waals surface area (Å²) in [6.07, 6.45) is 8.32. The molecule has 1 aromatic carbocycles. The van der Waals surface area contributed by atoms with Crippen molar-refractivity contribution in [2.45, 2.75) is 58.7 Å². The molecule has 1 fully saturated rings. The summed E-state index contributed by atoms with van der Waals surface area (Å²) in [7, 11) is 3.87. The Balaban J connectivity index is 0.000000242. The van der Waals surface area contributed by atoms with Gasteiger partial charge in [0.25, 0.3) is 0 Å². The maximum atomic E-state index is 11.4. The second-order valence-electron chi connectivity index (χ2n) is 12.0. The van der Waals surface area contributed by atoms with E-state index in [9.17, 15) is 9.59 Å². The molecule has 2 amide bonds. The lowest BCUT2D eigenvalue weighted by Gasteiger charge is -2.25. The van der Waals surface area contributed by atoms with Gasteiger partial charge in [-0.1, -0.05) is 23.7 Å². The molecule has 12 heteroatoms. The van der Waals surface area contributed by atoms with Crippen LogP contribution in [-0.4, -0.2) is 76.8 Å². The first-order valence-electron chi connectivity index (χ1n) is 15.1. The first-order chi connectivity index (χ1) is 21.4. The number of carbonyl (C=O) groups excluding carboxylic acids is 2. The maximum absolute atomic E-state index is 11.4. The van der Waals surface area contributed by atoms with Crippen molar-refractivity contribution in [1.82, 2.24) is 35.4 Å². The number of amides is 2. The number of aromatic nitrogens is 3. The fourth-order valence-electron chi connectivity index (χ4n) is 4.45. The molecule has 0 spiro atoms. The first-order valence-corrected chi connectivity index (χ1v) is 15.4. The number of aryl methyl sites for hydroxylation is 1. The topological polar surface area (TPSA) is 123 Å². The highest BCUT2D eigenvalue weighted by molar-refractivity contribution is 6.30. The lowest BCUT2D eigenvalue weighted by Crippen LogP contribution is -2.46. The van der Waals surface area contributed by atoms with Crippen molar-refractivity contribution < 1.29 is 19.4 Å². The Bertz CT molecular complexity index is 1430. The molecule has 1 unspecified atom stereocenters. The van der Waals surface area contributed by atoms with E-state index in [2.05, 4.69) is 57.7 Å². The Kier molecular flexibility index (Phi) is 13.5. The normalized spacial score (nSPS) is 14.7. The van der Waals surface area contributed by atoms with E-state index in [0.717, 1.165) is 53.2 Å². The van der Waals surface area contributed by atoms with E-state index in [1.54, 1.807) is 23.6 Å². The molecule has 3 N–H and O–H groups in total. The predicted molar refractivity (Wildman–Crippen MR) is 177 cm³/mol. The van der Waals surface area contributed by atoms with Crippen molar-refractivity contribution in [2.24, 2.45) is 7.05 Å². The van der Waals surface area contributed by atoms with Gasteiger partial charge in [0.2, 0.25) is 6.41 Å². The Hall–Kier alpha value is -3.77. The summed E-state index contributed by atoms with van der Waals surface area (Å²) in [5.41, 5.74) is 6.32. The highest BCUT2D eigenvalue weighted by Gasteiger charge is 2.25. The van der Waals surface area contributed by atoms with E-state index in [0.29, 0.717) is 30.1 Å². The van der Waals surface area contributed by atoms with Crippen LogP contribution in [-0.2, 0) is 28.0 Å². The van der Waals surface area contributed by atoms with Crippen LogP contribution in [0.3, 0.4) is 0 Å². The Labute approximate surface area is 271 Å². The number of pyridine rings is 1. The van der Waals surface area contributed by atoms with Crippen LogP contribution in [0.2, 0.25) is 5.02 Å². The number of piperazine rings is 1. The SMILES string of the molecule is CC(C)OOC(=O)N1CCNCC1.CNC(C)(C)C.Cn1cncc1C(NC=O)C1=Cc2cccnc2Cc2ccc(Cl)cc21. The molecule has 2 aliphatic rings. The van der Waals surface area contributed by atoms with Gasteiger partial charge in [-0.25, -0.2) is 9.78 Å². The number of nitrogens with zero attached hydrogens (tertiary/aromatic N) is 4. The Morgan fingerprint density at radius 3 is 2.49 bits per heavy atom. The van der Waals surface area contributed by atoms with Gasteiger partial charge in [0, 0.05) is 56.4 Å². The molecule has 2 aromatic heterocycles. The summed E-state index contributed by atoms with van der Waals surface area (Å²) in [4.78, 5) is 42.3. The van der Waals surface area contributed by atoms with Crippen molar-refractivity contribution >= 4 is 35.8 Å². The van der Waals surface area contributed by atoms with Crippen LogP contribution in [0.15, 0.2) is 49.1 Å². The number of imidazole rings is 1. The third-order valence-electron chi connectivity index (χ3n) is 7.11. The van der Waals surface area contributed by atoms with Crippen molar-refractivity contribution in [3.63, 3.8) is 0 Å². The van der Waals surface area contributed by atoms with E-state index in [1.165, 1.54) is 0 Å². The largest absolute Gasteiger partial charge is 0.441 e. The minimum atomic E-state index is -0.393. The molecule has 0 radical (unpaired) electrons. The lowest BCUT2D eigenvalue weighted by atomic mass is 9.92. The number of rotatable bonds is 6. The molecule has 1 atom stereocenters. The minimum Gasteiger partial charge on any atom is -0.346 e. The van der Waals surface area contributed by atoms with Gasteiger partial charge >= 0.3 is 6.09 Å². The van der Waals surface area contributed by atoms with Crippen LogP contribution in [0.4, 0.5) is 4.79 Å². The number of hydrogen-bond donors (Lipinski definition) is 3. The van der Waals surface area contributed by atoms with Crippen LogP contribution >= 0.6 is 11.6 Å². The zero-order chi connectivity index (χ0) is 33.0.